The molecule has 3 aliphatic heterocycles. The van der Waals surface area contributed by atoms with Gasteiger partial charge < -0.3 is 24.0 Å². The van der Waals surface area contributed by atoms with Crippen LogP contribution in [0.15, 0.2) is 12.4 Å². The summed E-state index contributed by atoms with van der Waals surface area (Å²) in [4.78, 5) is 25.0. The number of aromatic nitrogens is 2. The van der Waals surface area contributed by atoms with E-state index in [4.69, 9.17) is 14.2 Å². The summed E-state index contributed by atoms with van der Waals surface area (Å²) in [7, 11) is -3.30. The van der Waals surface area contributed by atoms with Gasteiger partial charge >= 0.3 is 6.09 Å². The number of sulfonamides is 1. The number of ether oxygens (including phenoxy) is 3. The van der Waals surface area contributed by atoms with Crippen LogP contribution in [0.25, 0.3) is 0 Å². The van der Waals surface area contributed by atoms with Crippen LogP contribution in [0.3, 0.4) is 0 Å². The highest BCUT2D eigenvalue weighted by molar-refractivity contribution is 7.89. The van der Waals surface area contributed by atoms with E-state index in [2.05, 4.69) is 9.97 Å². The first-order valence-corrected chi connectivity index (χ1v) is 14.5. The van der Waals surface area contributed by atoms with Gasteiger partial charge in [0.05, 0.1) is 38.0 Å². The van der Waals surface area contributed by atoms with Gasteiger partial charge in [-0.25, -0.2) is 23.2 Å². The second-order valence-corrected chi connectivity index (χ2v) is 13.2. The fraction of sp³-hybridized carbons (Fsp3) is 0.792. The first kappa shape index (κ1) is 25.5. The van der Waals surface area contributed by atoms with E-state index in [1.807, 2.05) is 18.7 Å². The van der Waals surface area contributed by atoms with Gasteiger partial charge in [0.2, 0.25) is 15.9 Å². The molecule has 4 fully saturated rings. The fourth-order valence-electron chi connectivity index (χ4n) is 4.85. The molecular formula is C24H37N5O6S. The average molecular weight is 524 g/mol. The maximum atomic E-state index is 12.8. The zero-order valence-electron chi connectivity index (χ0n) is 21.2. The zero-order valence-corrected chi connectivity index (χ0v) is 22.0. The number of piperidine rings is 1. The minimum Gasteiger partial charge on any atom is -0.476 e. The van der Waals surface area contributed by atoms with Crippen LogP contribution in [0, 0.1) is 11.3 Å². The largest absolute Gasteiger partial charge is 0.476 e. The van der Waals surface area contributed by atoms with Crippen LogP contribution in [-0.4, -0.2) is 104 Å². The summed E-state index contributed by atoms with van der Waals surface area (Å²) in [5, 5.41) is 0. The molecule has 0 aromatic carbocycles. The van der Waals surface area contributed by atoms with E-state index < -0.39 is 10.0 Å². The maximum Gasteiger partial charge on any atom is 0.410 e. The molecule has 1 saturated carbocycles. The number of anilines is 1. The third kappa shape index (κ3) is 6.03. The molecule has 0 radical (unpaired) electrons. The minimum absolute atomic E-state index is 0.133. The summed E-state index contributed by atoms with van der Waals surface area (Å²) in [5.41, 5.74) is -0.508. The van der Waals surface area contributed by atoms with Gasteiger partial charge in [-0.1, -0.05) is 6.92 Å². The fourth-order valence-corrected chi connectivity index (χ4v) is 6.80. The summed E-state index contributed by atoms with van der Waals surface area (Å²) in [6.07, 6.45) is 6.76. The van der Waals surface area contributed by atoms with Crippen molar-refractivity contribution in [2.24, 2.45) is 11.3 Å². The van der Waals surface area contributed by atoms with Crippen LogP contribution in [0.1, 0.15) is 39.5 Å². The van der Waals surface area contributed by atoms with Crippen molar-refractivity contribution in [3.8, 4) is 5.88 Å². The number of carbonyl (C=O) groups excluding carboxylic acids is 1. The standard InChI is InChI=1S/C24H37N5O6S/c1-23(16-33-17-23)18-36(31,32)29-11-9-27(10-12-29)20-13-26-21(14-25-20)34-15-19-3-7-28(8-4-19)22(30)35-24(2)5-6-24/h13-14,19H,3-12,15-18H2,1-2H3. The number of hydrogen-bond donors (Lipinski definition) is 0. The topological polar surface area (TPSA) is 114 Å². The van der Waals surface area contributed by atoms with Crippen LogP contribution in [0.2, 0.25) is 0 Å². The van der Waals surface area contributed by atoms with Crippen molar-refractivity contribution in [3.63, 3.8) is 0 Å². The second-order valence-electron chi connectivity index (χ2n) is 11.2. The van der Waals surface area contributed by atoms with Crippen molar-refractivity contribution in [2.75, 3.05) is 69.7 Å². The molecule has 0 unspecified atom stereocenters. The van der Waals surface area contributed by atoms with Crippen molar-refractivity contribution >= 4 is 21.9 Å². The molecule has 36 heavy (non-hydrogen) atoms. The van der Waals surface area contributed by atoms with E-state index in [9.17, 15) is 13.2 Å². The Morgan fingerprint density at radius 2 is 1.75 bits per heavy atom. The second kappa shape index (κ2) is 9.94. The monoisotopic (exact) mass is 523 g/mol. The molecule has 0 atom stereocenters. The van der Waals surface area contributed by atoms with Crippen molar-refractivity contribution < 1.29 is 27.4 Å². The number of piperazine rings is 1. The molecule has 12 heteroatoms. The van der Waals surface area contributed by atoms with Crippen molar-refractivity contribution in [2.45, 2.75) is 45.1 Å². The summed E-state index contributed by atoms with van der Waals surface area (Å²) in [6.45, 7) is 8.86. The van der Waals surface area contributed by atoms with Gasteiger partial charge in [-0.2, -0.15) is 4.31 Å². The quantitative estimate of drug-likeness (QED) is 0.503. The highest BCUT2D eigenvalue weighted by atomic mass is 32.2. The molecule has 4 heterocycles. The molecule has 0 bridgehead atoms. The van der Waals surface area contributed by atoms with E-state index in [1.54, 1.807) is 21.6 Å². The first-order valence-electron chi connectivity index (χ1n) is 12.9. The smallest absolute Gasteiger partial charge is 0.410 e. The lowest BCUT2D eigenvalue weighted by Crippen LogP contribution is -2.53. The van der Waals surface area contributed by atoms with Crippen LogP contribution in [0.5, 0.6) is 5.88 Å². The van der Waals surface area contributed by atoms with Gasteiger partial charge in [-0.15, -0.1) is 0 Å². The van der Waals surface area contributed by atoms with E-state index >= 15 is 0 Å². The van der Waals surface area contributed by atoms with Gasteiger partial charge in [0.1, 0.15) is 11.4 Å². The number of likely N-dealkylation sites (tertiary alicyclic amines) is 1. The van der Waals surface area contributed by atoms with E-state index in [0.717, 1.165) is 31.5 Å². The number of nitrogens with zero attached hydrogens (tertiary/aromatic N) is 5. The summed E-state index contributed by atoms with van der Waals surface area (Å²) in [6, 6.07) is 0. The molecule has 1 amide bonds. The Morgan fingerprint density at radius 1 is 1.06 bits per heavy atom. The SMILES string of the molecule is CC1(CS(=O)(=O)N2CCN(c3cnc(OCC4CCN(C(=O)OC5(C)CC5)CC4)cn3)CC2)COC1. The molecule has 3 saturated heterocycles. The summed E-state index contributed by atoms with van der Waals surface area (Å²) >= 11 is 0. The van der Waals surface area contributed by atoms with E-state index in [0.29, 0.717) is 70.9 Å². The predicted molar refractivity (Wildman–Crippen MR) is 132 cm³/mol. The van der Waals surface area contributed by atoms with Crippen molar-refractivity contribution in [1.82, 2.24) is 19.2 Å². The van der Waals surface area contributed by atoms with Gasteiger partial charge in [-0.3, -0.25) is 0 Å². The lowest BCUT2D eigenvalue weighted by Gasteiger charge is -2.40. The first-order chi connectivity index (χ1) is 17.1. The predicted octanol–water partition coefficient (Wildman–Crippen LogP) is 1.74. The van der Waals surface area contributed by atoms with E-state index in [-0.39, 0.29) is 22.9 Å². The van der Waals surface area contributed by atoms with Gasteiger partial charge in [-0.05, 0) is 38.5 Å². The summed E-state index contributed by atoms with van der Waals surface area (Å²) in [5.74, 6) is 1.68. The Morgan fingerprint density at radius 3 is 2.31 bits per heavy atom. The van der Waals surface area contributed by atoms with Crippen molar-refractivity contribution in [1.29, 1.82) is 0 Å². The Labute approximate surface area is 213 Å². The third-order valence-corrected chi connectivity index (χ3v) is 9.84. The summed E-state index contributed by atoms with van der Waals surface area (Å²) < 4.78 is 43.8. The number of hydrogen-bond acceptors (Lipinski definition) is 9. The Bertz CT molecular complexity index is 1030. The normalized spacial score (nSPS) is 24.2. The zero-order chi connectivity index (χ0) is 25.4. The Hall–Kier alpha value is -2.18. The average Bonchev–Trinajstić information content (AvgIpc) is 3.58. The molecule has 11 nitrogen and oxygen atoms in total. The molecule has 1 aliphatic carbocycles. The molecule has 0 N–H and O–H groups in total. The lowest BCUT2D eigenvalue weighted by molar-refractivity contribution is -0.0874. The molecule has 1 aromatic heterocycles. The number of rotatable bonds is 8. The third-order valence-electron chi connectivity index (χ3n) is 7.63. The Balaban J connectivity index is 1.03. The molecule has 1 aromatic rings. The van der Waals surface area contributed by atoms with Crippen LogP contribution < -0.4 is 9.64 Å². The van der Waals surface area contributed by atoms with Crippen LogP contribution >= 0.6 is 0 Å². The Kier molecular flexibility index (Phi) is 7.03. The number of carbonyl (C=O) groups is 1. The lowest BCUT2D eigenvalue weighted by atomic mass is 9.92. The molecule has 4 aliphatic rings. The van der Waals surface area contributed by atoms with Crippen molar-refractivity contribution in [3.05, 3.63) is 12.4 Å². The highest BCUT2D eigenvalue weighted by Gasteiger charge is 2.43. The van der Waals surface area contributed by atoms with E-state index in [1.165, 1.54) is 0 Å². The van der Waals surface area contributed by atoms with Crippen LogP contribution in [0.4, 0.5) is 10.6 Å². The van der Waals surface area contributed by atoms with Crippen LogP contribution in [-0.2, 0) is 19.5 Å². The highest BCUT2D eigenvalue weighted by Crippen LogP contribution is 2.39. The molecule has 0 spiro atoms. The molecule has 200 valence electrons. The van der Waals surface area contributed by atoms with Gasteiger partial charge in [0.25, 0.3) is 0 Å². The molecule has 5 rings (SSSR count). The van der Waals surface area contributed by atoms with Gasteiger partial charge in [0.15, 0.2) is 0 Å². The maximum absolute atomic E-state index is 12.8. The molecular weight excluding hydrogens is 486 g/mol. The number of amides is 1. The minimum atomic E-state index is -3.30. The van der Waals surface area contributed by atoms with Gasteiger partial charge in [0, 0.05) is 44.7 Å².